The molecule has 0 amide bonds. The topological polar surface area (TPSA) is 46.8 Å². The predicted octanol–water partition coefficient (Wildman–Crippen LogP) is 4.06. The van der Waals surface area contributed by atoms with Crippen molar-refractivity contribution in [2.45, 2.75) is 45.2 Å². The molecular formula is C21H22ClN5. The minimum Gasteiger partial charge on any atom is -0.294 e. The number of aryl methyl sites for hydroxylation is 1. The first-order valence-electron chi connectivity index (χ1n) is 9.55. The summed E-state index contributed by atoms with van der Waals surface area (Å²) >= 11 is 6.70. The van der Waals surface area contributed by atoms with Gasteiger partial charge < -0.3 is 0 Å². The largest absolute Gasteiger partial charge is 0.294 e. The molecule has 2 aliphatic rings. The monoisotopic (exact) mass is 379 g/mol. The Morgan fingerprint density at radius 1 is 1.19 bits per heavy atom. The van der Waals surface area contributed by atoms with E-state index in [2.05, 4.69) is 15.0 Å². The van der Waals surface area contributed by atoms with E-state index in [9.17, 15) is 0 Å². The highest BCUT2D eigenvalue weighted by molar-refractivity contribution is 6.30. The van der Waals surface area contributed by atoms with Gasteiger partial charge in [-0.05, 0) is 31.9 Å². The maximum Gasteiger partial charge on any atom is 0.137 e. The summed E-state index contributed by atoms with van der Waals surface area (Å²) in [6.07, 6.45) is 5.49. The Morgan fingerprint density at radius 3 is 2.78 bits per heavy atom. The zero-order valence-electron chi connectivity index (χ0n) is 15.4. The minimum absolute atomic E-state index is 0.610. The van der Waals surface area contributed by atoms with E-state index in [1.54, 1.807) is 0 Å². The summed E-state index contributed by atoms with van der Waals surface area (Å²) in [6.45, 7) is 4.68. The lowest BCUT2D eigenvalue weighted by Gasteiger charge is -2.28. The Hall–Kier alpha value is -2.24. The number of para-hydroxylation sites is 1. The van der Waals surface area contributed by atoms with E-state index < -0.39 is 0 Å². The summed E-state index contributed by atoms with van der Waals surface area (Å²) in [5, 5.41) is 5.36. The molecule has 0 bridgehead atoms. The third kappa shape index (κ3) is 3.26. The van der Waals surface area contributed by atoms with Crippen LogP contribution in [0.3, 0.4) is 0 Å². The van der Waals surface area contributed by atoms with Crippen molar-refractivity contribution in [2.75, 3.05) is 6.54 Å². The molecule has 1 aliphatic heterocycles. The fourth-order valence-electron chi connectivity index (χ4n) is 3.74. The van der Waals surface area contributed by atoms with Crippen molar-refractivity contribution in [1.29, 1.82) is 0 Å². The zero-order valence-corrected chi connectivity index (χ0v) is 16.2. The summed E-state index contributed by atoms with van der Waals surface area (Å²) in [5.41, 5.74) is 5.54. The summed E-state index contributed by atoms with van der Waals surface area (Å²) in [6, 6.07) is 10.0. The average molecular weight is 380 g/mol. The predicted molar refractivity (Wildman–Crippen MR) is 105 cm³/mol. The van der Waals surface area contributed by atoms with E-state index in [0.717, 1.165) is 48.8 Å². The molecule has 1 fully saturated rings. The number of fused-ring (bicyclic) bond motifs is 1. The maximum atomic E-state index is 6.70. The zero-order chi connectivity index (χ0) is 18.4. The van der Waals surface area contributed by atoms with Gasteiger partial charge in [-0.1, -0.05) is 29.8 Å². The van der Waals surface area contributed by atoms with Gasteiger partial charge in [-0.15, -0.1) is 0 Å². The van der Waals surface area contributed by atoms with Crippen LogP contribution in [-0.2, 0) is 19.5 Å². The molecule has 2 aromatic heterocycles. The second-order valence-electron chi connectivity index (χ2n) is 7.54. The number of rotatable bonds is 4. The van der Waals surface area contributed by atoms with Crippen molar-refractivity contribution >= 4 is 11.6 Å². The highest BCUT2D eigenvalue weighted by atomic mass is 35.5. The van der Waals surface area contributed by atoms with Crippen molar-refractivity contribution in [3.05, 3.63) is 70.0 Å². The smallest absolute Gasteiger partial charge is 0.137 e. The number of halogens is 1. The maximum absolute atomic E-state index is 6.70. The number of benzene rings is 1. The first kappa shape index (κ1) is 16.9. The van der Waals surface area contributed by atoms with Crippen molar-refractivity contribution in [3.63, 3.8) is 0 Å². The van der Waals surface area contributed by atoms with Crippen LogP contribution in [0.25, 0.3) is 5.69 Å². The van der Waals surface area contributed by atoms with E-state index in [1.165, 1.54) is 24.1 Å². The first-order chi connectivity index (χ1) is 13.2. The molecule has 0 spiro atoms. The van der Waals surface area contributed by atoms with Crippen LogP contribution in [-0.4, -0.2) is 31.2 Å². The van der Waals surface area contributed by atoms with Gasteiger partial charge in [0.25, 0.3) is 0 Å². The molecule has 1 saturated carbocycles. The molecule has 1 aromatic carbocycles. The summed E-state index contributed by atoms with van der Waals surface area (Å²) in [4.78, 5) is 11.8. The van der Waals surface area contributed by atoms with Gasteiger partial charge in [0.1, 0.15) is 11.0 Å². The van der Waals surface area contributed by atoms with Crippen molar-refractivity contribution in [2.24, 2.45) is 0 Å². The number of aromatic nitrogens is 4. The lowest BCUT2D eigenvalue weighted by Crippen LogP contribution is -2.31. The summed E-state index contributed by atoms with van der Waals surface area (Å²) in [5.74, 6) is 1.66. The SMILES string of the molecule is Cc1nn(-c2ccccc2)c(Cl)c1CN1CCc2nc(C3CC3)ncc2C1. The van der Waals surface area contributed by atoms with E-state index in [0.29, 0.717) is 11.1 Å². The quantitative estimate of drug-likeness (QED) is 0.685. The Bertz CT molecular complexity index is 978. The van der Waals surface area contributed by atoms with Gasteiger partial charge in [0.15, 0.2) is 0 Å². The third-order valence-corrected chi connectivity index (χ3v) is 5.87. The molecule has 138 valence electrons. The molecular weight excluding hydrogens is 358 g/mol. The second kappa shape index (κ2) is 6.73. The fraction of sp³-hybridized carbons (Fsp3) is 0.381. The molecule has 1 aliphatic carbocycles. The van der Waals surface area contributed by atoms with Crippen LogP contribution in [0, 0.1) is 6.92 Å². The molecule has 0 unspecified atom stereocenters. The van der Waals surface area contributed by atoms with Gasteiger partial charge >= 0.3 is 0 Å². The van der Waals surface area contributed by atoms with Gasteiger partial charge in [0, 0.05) is 55.0 Å². The molecule has 0 atom stereocenters. The van der Waals surface area contributed by atoms with Crippen LogP contribution >= 0.6 is 11.6 Å². The van der Waals surface area contributed by atoms with E-state index >= 15 is 0 Å². The van der Waals surface area contributed by atoms with Crippen LogP contribution in [0.2, 0.25) is 5.15 Å². The van der Waals surface area contributed by atoms with Gasteiger partial charge in [-0.2, -0.15) is 5.10 Å². The molecule has 0 N–H and O–H groups in total. The van der Waals surface area contributed by atoms with Gasteiger partial charge in [0.2, 0.25) is 0 Å². The van der Waals surface area contributed by atoms with Crippen molar-refractivity contribution in [3.8, 4) is 5.69 Å². The van der Waals surface area contributed by atoms with E-state index in [4.69, 9.17) is 16.6 Å². The van der Waals surface area contributed by atoms with Crippen LogP contribution in [0.5, 0.6) is 0 Å². The first-order valence-corrected chi connectivity index (χ1v) is 9.93. The summed E-state index contributed by atoms with van der Waals surface area (Å²) in [7, 11) is 0. The van der Waals surface area contributed by atoms with Crippen LogP contribution in [0.4, 0.5) is 0 Å². The highest BCUT2D eigenvalue weighted by Gasteiger charge is 2.28. The normalized spacial score (nSPS) is 17.1. The molecule has 5 nitrogen and oxygen atoms in total. The Morgan fingerprint density at radius 2 is 2.00 bits per heavy atom. The number of hydrogen-bond donors (Lipinski definition) is 0. The fourth-order valence-corrected chi connectivity index (χ4v) is 4.07. The molecule has 0 saturated heterocycles. The highest BCUT2D eigenvalue weighted by Crippen LogP contribution is 2.38. The number of hydrogen-bond acceptors (Lipinski definition) is 4. The molecule has 27 heavy (non-hydrogen) atoms. The molecule has 6 heteroatoms. The Kier molecular flexibility index (Phi) is 4.21. The number of nitrogens with zero attached hydrogens (tertiary/aromatic N) is 5. The van der Waals surface area contributed by atoms with E-state index in [1.807, 2.05) is 48.1 Å². The van der Waals surface area contributed by atoms with Crippen molar-refractivity contribution in [1.82, 2.24) is 24.6 Å². The van der Waals surface area contributed by atoms with Crippen molar-refractivity contribution < 1.29 is 0 Å². The molecule has 0 radical (unpaired) electrons. The van der Waals surface area contributed by atoms with E-state index in [-0.39, 0.29) is 0 Å². The van der Waals surface area contributed by atoms with Gasteiger partial charge in [0.05, 0.1) is 11.4 Å². The molecule has 3 heterocycles. The van der Waals surface area contributed by atoms with Gasteiger partial charge in [-0.25, -0.2) is 14.6 Å². The lowest BCUT2D eigenvalue weighted by molar-refractivity contribution is 0.242. The lowest BCUT2D eigenvalue weighted by atomic mass is 10.1. The van der Waals surface area contributed by atoms with Gasteiger partial charge in [-0.3, -0.25) is 4.90 Å². The summed E-state index contributed by atoms with van der Waals surface area (Å²) < 4.78 is 1.83. The van der Waals surface area contributed by atoms with Crippen LogP contribution in [0.15, 0.2) is 36.5 Å². The Balaban J connectivity index is 1.36. The standard InChI is InChI=1S/C21H22ClN5/c1-14-18(20(22)27(25-14)17-5-3-2-4-6-17)13-26-10-9-19-16(12-26)11-23-21(24-19)15-7-8-15/h2-6,11,15H,7-10,12-13H2,1H3. The molecule has 3 aromatic rings. The van der Waals surface area contributed by atoms with Crippen LogP contribution < -0.4 is 0 Å². The molecule has 5 rings (SSSR count). The minimum atomic E-state index is 0.610. The Labute approximate surface area is 164 Å². The average Bonchev–Trinajstić information content (AvgIpc) is 3.51. The third-order valence-electron chi connectivity index (χ3n) is 5.48. The second-order valence-corrected chi connectivity index (χ2v) is 7.90. The van der Waals surface area contributed by atoms with Crippen LogP contribution in [0.1, 0.15) is 47.1 Å².